The number of aliphatic hydroxyl groups is 1. The van der Waals surface area contributed by atoms with Crippen molar-refractivity contribution in [2.75, 3.05) is 6.61 Å². The van der Waals surface area contributed by atoms with E-state index in [2.05, 4.69) is 15.9 Å². The molecule has 3 nitrogen and oxygen atoms in total. The zero-order valence-electron chi connectivity index (χ0n) is 14.2. The third-order valence-corrected chi connectivity index (χ3v) is 5.22. The molecule has 0 bridgehead atoms. The van der Waals surface area contributed by atoms with Gasteiger partial charge in [-0.15, -0.1) is 0 Å². The Morgan fingerprint density at radius 3 is 2.54 bits per heavy atom. The summed E-state index contributed by atoms with van der Waals surface area (Å²) in [5.74, 6) is 1.40. The molecule has 3 aromatic carbocycles. The molecule has 1 aliphatic heterocycles. The second kappa shape index (κ2) is 7.14. The molecule has 0 saturated carbocycles. The second-order valence-corrected chi connectivity index (χ2v) is 7.31. The van der Waals surface area contributed by atoms with Crippen LogP contribution in [0, 0.1) is 0 Å². The largest absolute Gasteiger partial charge is 0.493 e. The Morgan fingerprint density at radius 1 is 1.00 bits per heavy atom. The van der Waals surface area contributed by atoms with E-state index in [4.69, 9.17) is 9.47 Å². The third kappa shape index (κ3) is 3.35. The van der Waals surface area contributed by atoms with Gasteiger partial charge in [-0.25, -0.2) is 0 Å². The molecule has 1 N–H and O–H groups in total. The van der Waals surface area contributed by atoms with Crippen molar-refractivity contribution < 1.29 is 14.6 Å². The highest BCUT2D eigenvalue weighted by atomic mass is 79.9. The van der Waals surface area contributed by atoms with E-state index in [-0.39, 0.29) is 0 Å². The van der Waals surface area contributed by atoms with Crippen molar-refractivity contribution in [3.05, 3.63) is 94.0 Å². The molecule has 0 spiro atoms. The van der Waals surface area contributed by atoms with Crippen molar-refractivity contribution in [1.29, 1.82) is 0 Å². The van der Waals surface area contributed by atoms with Crippen LogP contribution in [0.2, 0.25) is 0 Å². The maximum absolute atomic E-state index is 11.3. The molecule has 1 unspecified atom stereocenters. The fraction of sp³-hybridized carbons (Fsp3) is 0.182. The van der Waals surface area contributed by atoms with Crippen LogP contribution < -0.4 is 9.47 Å². The summed E-state index contributed by atoms with van der Waals surface area (Å²) in [5, 5.41) is 11.3. The van der Waals surface area contributed by atoms with Gasteiger partial charge < -0.3 is 14.6 Å². The smallest absolute Gasteiger partial charge is 0.129 e. The first-order valence-electron chi connectivity index (χ1n) is 8.58. The summed E-state index contributed by atoms with van der Waals surface area (Å²) in [6.07, 6.45) is 0.520. The fourth-order valence-electron chi connectivity index (χ4n) is 3.26. The maximum Gasteiger partial charge on any atom is 0.129 e. The summed E-state index contributed by atoms with van der Waals surface area (Å²) in [7, 11) is 0. The normalized spacial score (nSPS) is 18.7. The first kappa shape index (κ1) is 17.1. The topological polar surface area (TPSA) is 38.7 Å². The first-order valence-corrected chi connectivity index (χ1v) is 9.37. The van der Waals surface area contributed by atoms with Crippen LogP contribution in [0.25, 0.3) is 0 Å². The number of hydrogen-bond donors (Lipinski definition) is 1. The van der Waals surface area contributed by atoms with Gasteiger partial charge in [0.1, 0.15) is 23.7 Å². The highest BCUT2D eigenvalue weighted by Gasteiger charge is 2.37. The van der Waals surface area contributed by atoms with E-state index in [0.29, 0.717) is 25.4 Å². The van der Waals surface area contributed by atoms with E-state index in [1.54, 1.807) is 0 Å². The van der Waals surface area contributed by atoms with E-state index in [9.17, 15) is 5.11 Å². The van der Waals surface area contributed by atoms with Crippen molar-refractivity contribution in [3.8, 4) is 11.5 Å². The van der Waals surface area contributed by atoms with Crippen molar-refractivity contribution in [2.45, 2.75) is 18.6 Å². The second-order valence-electron chi connectivity index (χ2n) is 6.40. The zero-order chi connectivity index (χ0) is 18.0. The van der Waals surface area contributed by atoms with E-state index in [1.807, 2.05) is 72.8 Å². The molecule has 0 fully saturated rings. The average Bonchev–Trinajstić information content (AvgIpc) is 2.68. The Labute approximate surface area is 161 Å². The van der Waals surface area contributed by atoms with Gasteiger partial charge in [0.2, 0.25) is 0 Å². The predicted octanol–water partition coefficient (Wildman–Crippen LogP) is 5.05. The molecule has 0 aromatic heterocycles. The first-order chi connectivity index (χ1) is 12.6. The van der Waals surface area contributed by atoms with Crippen LogP contribution in [0.4, 0.5) is 0 Å². The van der Waals surface area contributed by atoms with Crippen LogP contribution in [0.15, 0.2) is 77.3 Å². The average molecular weight is 411 g/mol. The molecule has 0 aliphatic carbocycles. The van der Waals surface area contributed by atoms with Crippen molar-refractivity contribution >= 4 is 15.9 Å². The Morgan fingerprint density at radius 2 is 1.77 bits per heavy atom. The Bertz CT molecular complexity index is 893. The molecule has 1 aliphatic rings. The monoisotopic (exact) mass is 410 g/mol. The third-order valence-electron chi connectivity index (χ3n) is 4.69. The summed E-state index contributed by atoms with van der Waals surface area (Å²) in [5.41, 5.74) is 1.70. The number of halogens is 1. The number of hydrogen-bond acceptors (Lipinski definition) is 3. The molecule has 1 atom stereocenters. The van der Waals surface area contributed by atoms with Crippen LogP contribution in [-0.4, -0.2) is 11.7 Å². The molecular formula is C22H19BrO3. The van der Waals surface area contributed by atoms with Crippen molar-refractivity contribution in [2.24, 2.45) is 0 Å². The fourth-order valence-corrected chi connectivity index (χ4v) is 3.53. The van der Waals surface area contributed by atoms with E-state index in [0.717, 1.165) is 26.9 Å². The van der Waals surface area contributed by atoms with Crippen LogP contribution in [0.5, 0.6) is 11.5 Å². The van der Waals surface area contributed by atoms with Crippen LogP contribution >= 0.6 is 15.9 Å². The lowest BCUT2D eigenvalue weighted by Crippen LogP contribution is -2.33. The standard InChI is InChI=1S/C22H19BrO3/c23-18-8-6-17(7-9-18)22(24)12-13-25-21-14-19(10-11-20(21)22)26-15-16-4-2-1-3-5-16/h1-11,14,24H,12-13,15H2. The molecule has 0 amide bonds. The quantitative estimate of drug-likeness (QED) is 0.653. The minimum atomic E-state index is -1.05. The summed E-state index contributed by atoms with van der Waals surface area (Å²) in [4.78, 5) is 0. The van der Waals surface area contributed by atoms with E-state index < -0.39 is 5.60 Å². The Balaban J connectivity index is 1.60. The SMILES string of the molecule is OC1(c2ccc(Br)cc2)CCOc2cc(OCc3ccccc3)ccc21. The van der Waals surface area contributed by atoms with Gasteiger partial charge in [-0.05, 0) is 35.4 Å². The van der Waals surface area contributed by atoms with Gasteiger partial charge in [0.25, 0.3) is 0 Å². The van der Waals surface area contributed by atoms with Crippen molar-refractivity contribution in [3.63, 3.8) is 0 Å². The molecule has 0 saturated heterocycles. The number of benzene rings is 3. The molecule has 4 rings (SSSR count). The molecule has 3 aromatic rings. The summed E-state index contributed by atoms with van der Waals surface area (Å²) in [6.45, 7) is 0.957. The number of fused-ring (bicyclic) bond motifs is 1. The maximum atomic E-state index is 11.3. The number of rotatable bonds is 4. The molecule has 26 heavy (non-hydrogen) atoms. The van der Waals surface area contributed by atoms with Gasteiger partial charge in [-0.2, -0.15) is 0 Å². The highest BCUT2D eigenvalue weighted by molar-refractivity contribution is 9.10. The van der Waals surface area contributed by atoms with Crippen LogP contribution in [0.1, 0.15) is 23.1 Å². The van der Waals surface area contributed by atoms with E-state index >= 15 is 0 Å². The van der Waals surface area contributed by atoms with Crippen molar-refractivity contribution in [1.82, 2.24) is 0 Å². The lowest BCUT2D eigenvalue weighted by atomic mass is 9.82. The highest BCUT2D eigenvalue weighted by Crippen LogP contribution is 2.43. The molecule has 4 heteroatoms. The minimum Gasteiger partial charge on any atom is -0.493 e. The zero-order valence-corrected chi connectivity index (χ0v) is 15.8. The van der Waals surface area contributed by atoms with Gasteiger partial charge in [0.05, 0.1) is 6.61 Å². The van der Waals surface area contributed by atoms with Gasteiger partial charge in [-0.3, -0.25) is 0 Å². The summed E-state index contributed by atoms with van der Waals surface area (Å²) in [6, 6.07) is 23.5. The summed E-state index contributed by atoms with van der Waals surface area (Å²) >= 11 is 3.44. The van der Waals surface area contributed by atoms with Gasteiger partial charge in [-0.1, -0.05) is 58.4 Å². The predicted molar refractivity (Wildman–Crippen MR) is 104 cm³/mol. The molecule has 0 radical (unpaired) electrons. The van der Waals surface area contributed by atoms with Crippen LogP contribution in [0.3, 0.4) is 0 Å². The van der Waals surface area contributed by atoms with Gasteiger partial charge in [0.15, 0.2) is 0 Å². The number of ether oxygens (including phenoxy) is 2. The molecule has 132 valence electrons. The minimum absolute atomic E-state index is 0.460. The van der Waals surface area contributed by atoms with E-state index in [1.165, 1.54) is 0 Å². The lowest BCUT2D eigenvalue weighted by Gasteiger charge is -2.35. The Kier molecular flexibility index (Phi) is 4.70. The van der Waals surface area contributed by atoms with Crippen LogP contribution in [-0.2, 0) is 12.2 Å². The lowest BCUT2D eigenvalue weighted by molar-refractivity contribution is 0.0347. The summed E-state index contributed by atoms with van der Waals surface area (Å²) < 4.78 is 12.7. The Hall–Kier alpha value is -2.30. The molecular weight excluding hydrogens is 392 g/mol. The van der Waals surface area contributed by atoms with Gasteiger partial charge >= 0.3 is 0 Å². The van der Waals surface area contributed by atoms with Gasteiger partial charge in [0, 0.05) is 22.5 Å². The molecule has 1 heterocycles.